The molecule has 0 bridgehead atoms. The van der Waals surface area contributed by atoms with Gasteiger partial charge in [0.15, 0.2) is 5.82 Å². The molecule has 1 atom stereocenters. The van der Waals surface area contributed by atoms with Crippen LogP contribution in [0.4, 0.5) is 0 Å². The highest BCUT2D eigenvalue weighted by atomic mass is 16.5. The smallest absolute Gasteiger partial charge is 0.276 e. The Morgan fingerprint density at radius 3 is 3.05 bits per heavy atom. The molecule has 2 N–H and O–H groups in total. The van der Waals surface area contributed by atoms with Crippen molar-refractivity contribution < 1.29 is 9.26 Å². The summed E-state index contributed by atoms with van der Waals surface area (Å²) in [5, 5.41) is 3.88. The molecule has 6 heteroatoms. The number of nitrogens with zero attached hydrogens (tertiary/aromatic N) is 3. The van der Waals surface area contributed by atoms with E-state index in [1.807, 2.05) is 26.0 Å². The Kier molecular flexibility index (Phi) is 4.59. The molecule has 1 unspecified atom stereocenters. The maximum Gasteiger partial charge on any atom is 0.276 e. The van der Waals surface area contributed by atoms with Gasteiger partial charge in [0.25, 0.3) is 5.89 Å². The fourth-order valence-corrected chi connectivity index (χ4v) is 1.62. The van der Waals surface area contributed by atoms with Crippen LogP contribution in [0.25, 0.3) is 11.6 Å². The van der Waals surface area contributed by atoms with Crippen LogP contribution in [0, 0.1) is 6.92 Å². The predicted molar refractivity (Wildman–Crippen MR) is 70.3 cm³/mol. The van der Waals surface area contributed by atoms with E-state index in [2.05, 4.69) is 15.1 Å². The third kappa shape index (κ3) is 3.36. The van der Waals surface area contributed by atoms with Crippen LogP contribution < -0.4 is 5.73 Å². The van der Waals surface area contributed by atoms with Gasteiger partial charge in [-0.05, 0) is 25.0 Å². The predicted octanol–water partition coefficient (Wildman–Crippen LogP) is 1.87. The lowest BCUT2D eigenvalue weighted by atomic mass is 10.2. The highest BCUT2D eigenvalue weighted by Gasteiger charge is 2.17. The first-order valence-corrected chi connectivity index (χ1v) is 6.31. The van der Waals surface area contributed by atoms with Gasteiger partial charge in [0.05, 0.1) is 12.6 Å². The third-order valence-electron chi connectivity index (χ3n) is 2.63. The minimum Gasteiger partial charge on any atom is -0.379 e. The Morgan fingerprint density at radius 2 is 2.32 bits per heavy atom. The van der Waals surface area contributed by atoms with Gasteiger partial charge in [0.2, 0.25) is 0 Å². The van der Waals surface area contributed by atoms with Crippen LogP contribution >= 0.6 is 0 Å². The molecule has 19 heavy (non-hydrogen) atoms. The van der Waals surface area contributed by atoms with E-state index in [1.165, 1.54) is 0 Å². The van der Waals surface area contributed by atoms with Crippen molar-refractivity contribution in [3.63, 3.8) is 0 Å². The largest absolute Gasteiger partial charge is 0.379 e. The number of pyridine rings is 1. The van der Waals surface area contributed by atoms with Gasteiger partial charge in [-0.15, -0.1) is 0 Å². The second-order valence-corrected chi connectivity index (χ2v) is 4.31. The van der Waals surface area contributed by atoms with E-state index in [0.717, 1.165) is 12.0 Å². The second kappa shape index (κ2) is 6.40. The van der Waals surface area contributed by atoms with Crippen LogP contribution in [0.5, 0.6) is 0 Å². The zero-order valence-electron chi connectivity index (χ0n) is 11.2. The zero-order chi connectivity index (χ0) is 13.7. The summed E-state index contributed by atoms with van der Waals surface area (Å²) >= 11 is 0. The van der Waals surface area contributed by atoms with Crippen LogP contribution in [-0.4, -0.2) is 28.3 Å². The Balaban J connectivity index is 2.09. The van der Waals surface area contributed by atoms with E-state index in [9.17, 15) is 0 Å². The Morgan fingerprint density at radius 1 is 1.47 bits per heavy atom. The standard InChI is InChI=1S/C13H18N4O2/c1-3-7-18-8-10(14)12-16-13(19-17-12)11-9(2)5-4-6-15-11/h4-6,10H,3,7-8,14H2,1-2H3. The van der Waals surface area contributed by atoms with Crippen molar-refractivity contribution in [2.75, 3.05) is 13.2 Å². The SMILES string of the molecule is CCCOCC(N)c1noc(-c2ncccc2C)n1. The lowest BCUT2D eigenvalue weighted by Crippen LogP contribution is -2.18. The van der Waals surface area contributed by atoms with Crippen LogP contribution in [0.3, 0.4) is 0 Å². The average molecular weight is 262 g/mol. The van der Waals surface area contributed by atoms with Gasteiger partial charge >= 0.3 is 0 Å². The molecule has 102 valence electrons. The summed E-state index contributed by atoms with van der Waals surface area (Å²) in [5.41, 5.74) is 7.60. The van der Waals surface area contributed by atoms with E-state index in [4.69, 9.17) is 15.0 Å². The Labute approximate surface area is 112 Å². The van der Waals surface area contributed by atoms with E-state index in [0.29, 0.717) is 30.6 Å². The van der Waals surface area contributed by atoms with Crippen LogP contribution in [0.2, 0.25) is 0 Å². The van der Waals surface area contributed by atoms with Crippen LogP contribution in [-0.2, 0) is 4.74 Å². The van der Waals surface area contributed by atoms with Gasteiger partial charge in [0.1, 0.15) is 5.69 Å². The molecule has 2 rings (SSSR count). The summed E-state index contributed by atoms with van der Waals surface area (Å²) in [6.07, 6.45) is 2.65. The number of aromatic nitrogens is 3. The van der Waals surface area contributed by atoms with E-state index < -0.39 is 0 Å². The summed E-state index contributed by atoms with van der Waals surface area (Å²) in [4.78, 5) is 8.50. The summed E-state index contributed by atoms with van der Waals surface area (Å²) < 4.78 is 10.6. The topological polar surface area (TPSA) is 87.1 Å². The number of aryl methyl sites for hydroxylation is 1. The summed E-state index contributed by atoms with van der Waals surface area (Å²) in [6, 6.07) is 3.42. The van der Waals surface area contributed by atoms with Crippen LogP contribution in [0.1, 0.15) is 30.8 Å². The van der Waals surface area contributed by atoms with E-state index in [1.54, 1.807) is 6.20 Å². The van der Waals surface area contributed by atoms with Gasteiger partial charge < -0.3 is 15.0 Å². The molecule has 2 aromatic heterocycles. The molecule has 0 aliphatic rings. The lowest BCUT2D eigenvalue weighted by Gasteiger charge is -2.06. The molecular formula is C13H18N4O2. The van der Waals surface area contributed by atoms with E-state index in [-0.39, 0.29) is 6.04 Å². The van der Waals surface area contributed by atoms with Crippen molar-refractivity contribution >= 4 is 0 Å². The van der Waals surface area contributed by atoms with Crippen molar-refractivity contribution in [1.29, 1.82) is 0 Å². The molecule has 0 aliphatic heterocycles. The summed E-state index contributed by atoms with van der Waals surface area (Å²) in [5.74, 6) is 0.829. The minimum atomic E-state index is -0.381. The Bertz CT molecular complexity index is 527. The summed E-state index contributed by atoms with van der Waals surface area (Å²) in [7, 11) is 0. The van der Waals surface area contributed by atoms with Crippen LogP contribution in [0.15, 0.2) is 22.9 Å². The maximum atomic E-state index is 5.93. The van der Waals surface area contributed by atoms with Crippen molar-refractivity contribution in [2.45, 2.75) is 26.3 Å². The van der Waals surface area contributed by atoms with Gasteiger partial charge in [-0.1, -0.05) is 18.1 Å². The van der Waals surface area contributed by atoms with Gasteiger partial charge in [0, 0.05) is 12.8 Å². The monoisotopic (exact) mass is 262 g/mol. The minimum absolute atomic E-state index is 0.381. The molecule has 0 radical (unpaired) electrons. The molecule has 0 amide bonds. The maximum absolute atomic E-state index is 5.93. The normalized spacial score (nSPS) is 12.6. The van der Waals surface area contributed by atoms with Crippen molar-refractivity contribution in [3.05, 3.63) is 29.7 Å². The third-order valence-corrected chi connectivity index (χ3v) is 2.63. The molecule has 2 heterocycles. The molecular weight excluding hydrogens is 244 g/mol. The van der Waals surface area contributed by atoms with Crippen molar-refractivity contribution in [3.8, 4) is 11.6 Å². The number of nitrogens with two attached hydrogens (primary N) is 1. The lowest BCUT2D eigenvalue weighted by molar-refractivity contribution is 0.119. The highest BCUT2D eigenvalue weighted by molar-refractivity contribution is 5.51. The fourth-order valence-electron chi connectivity index (χ4n) is 1.62. The first-order chi connectivity index (χ1) is 9.22. The Hall–Kier alpha value is -1.79. The second-order valence-electron chi connectivity index (χ2n) is 4.31. The quantitative estimate of drug-likeness (QED) is 0.799. The number of ether oxygens (including phenoxy) is 1. The fraction of sp³-hybridized carbons (Fsp3) is 0.462. The first kappa shape index (κ1) is 13.6. The zero-order valence-corrected chi connectivity index (χ0v) is 11.2. The molecule has 2 aromatic rings. The van der Waals surface area contributed by atoms with Crippen molar-refractivity contribution in [1.82, 2.24) is 15.1 Å². The van der Waals surface area contributed by atoms with E-state index >= 15 is 0 Å². The first-order valence-electron chi connectivity index (χ1n) is 6.31. The number of rotatable bonds is 6. The number of hydrogen-bond donors (Lipinski definition) is 1. The van der Waals surface area contributed by atoms with Gasteiger partial charge in [-0.2, -0.15) is 4.98 Å². The molecule has 0 saturated heterocycles. The highest BCUT2D eigenvalue weighted by Crippen LogP contribution is 2.19. The molecule has 0 aromatic carbocycles. The van der Waals surface area contributed by atoms with Gasteiger partial charge in [-0.25, -0.2) is 0 Å². The molecule has 0 aliphatic carbocycles. The molecule has 0 spiro atoms. The van der Waals surface area contributed by atoms with Crippen molar-refractivity contribution in [2.24, 2.45) is 5.73 Å². The average Bonchev–Trinajstić information content (AvgIpc) is 2.89. The molecule has 6 nitrogen and oxygen atoms in total. The number of hydrogen-bond acceptors (Lipinski definition) is 6. The molecule has 0 saturated carbocycles. The van der Waals surface area contributed by atoms with Gasteiger partial charge in [-0.3, -0.25) is 4.98 Å². The summed E-state index contributed by atoms with van der Waals surface area (Å²) in [6.45, 7) is 5.05. The molecule has 0 fully saturated rings.